The number of nitrogens with one attached hydrogen (secondary N) is 2. The van der Waals surface area contributed by atoms with Crippen LogP contribution in [0.2, 0.25) is 0 Å². The highest BCUT2D eigenvalue weighted by Crippen LogP contribution is 2.22. The largest absolute Gasteiger partial charge is 0.360 e. The Balaban J connectivity index is 1.59. The highest BCUT2D eigenvalue weighted by atomic mass is 32.2. The molecule has 2 aromatic rings. The van der Waals surface area contributed by atoms with Crippen LogP contribution in [0.3, 0.4) is 0 Å². The van der Waals surface area contributed by atoms with E-state index in [0.717, 1.165) is 11.1 Å². The molecular formula is C21H25N3O5S. The average Bonchev–Trinajstić information content (AvgIpc) is 2.77. The van der Waals surface area contributed by atoms with Crippen molar-refractivity contribution in [2.45, 2.75) is 31.0 Å². The molecule has 0 saturated carbocycles. The molecule has 160 valence electrons. The van der Waals surface area contributed by atoms with Crippen LogP contribution in [0.5, 0.6) is 0 Å². The quantitative estimate of drug-likeness (QED) is 0.668. The molecule has 0 bridgehead atoms. The molecule has 9 heteroatoms. The van der Waals surface area contributed by atoms with Gasteiger partial charge in [0.15, 0.2) is 0 Å². The normalized spacial score (nSPS) is 17.3. The van der Waals surface area contributed by atoms with Crippen molar-refractivity contribution in [3.63, 3.8) is 0 Å². The summed E-state index contributed by atoms with van der Waals surface area (Å²) in [5.41, 5.74) is 1.82. The van der Waals surface area contributed by atoms with E-state index < -0.39 is 28.1 Å². The van der Waals surface area contributed by atoms with Crippen LogP contribution in [0.4, 0.5) is 0 Å². The Morgan fingerprint density at radius 3 is 2.40 bits per heavy atom. The van der Waals surface area contributed by atoms with Gasteiger partial charge in [-0.2, -0.15) is 4.31 Å². The number of carbonyl (C=O) groups is 2. The summed E-state index contributed by atoms with van der Waals surface area (Å²) in [4.78, 5) is 24.3. The van der Waals surface area contributed by atoms with E-state index in [1.807, 2.05) is 37.3 Å². The fraction of sp³-hybridized carbons (Fsp3) is 0.333. The molecule has 2 amide bonds. The van der Waals surface area contributed by atoms with Gasteiger partial charge in [-0.3, -0.25) is 9.59 Å². The molecule has 3 rings (SSSR count). The molecule has 1 fully saturated rings. The van der Waals surface area contributed by atoms with E-state index in [4.69, 9.17) is 4.74 Å². The summed E-state index contributed by atoms with van der Waals surface area (Å²) in [7, 11) is -3.79. The van der Waals surface area contributed by atoms with Crippen molar-refractivity contribution >= 4 is 21.8 Å². The van der Waals surface area contributed by atoms with Gasteiger partial charge in [0.25, 0.3) is 0 Å². The van der Waals surface area contributed by atoms with Gasteiger partial charge < -0.3 is 15.4 Å². The van der Waals surface area contributed by atoms with Gasteiger partial charge in [-0.1, -0.05) is 48.0 Å². The minimum absolute atomic E-state index is 0.122. The first-order chi connectivity index (χ1) is 14.4. The lowest BCUT2D eigenvalue weighted by atomic mass is 10.2. The number of ether oxygens (including phenoxy) is 1. The maximum atomic E-state index is 13.0. The summed E-state index contributed by atoms with van der Waals surface area (Å²) in [6, 6.07) is 15.8. The number of hydrogen-bond acceptors (Lipinski definition) is 5. The van der Waals surface area contributed by atoms with Gasteiger partial charge >= 0.3 is 11.8 Å². The Labute approximate surface area is 176 Å². The molecule has 0 radical (unpaired) electrons. The zero-order valence-corrected chi connectivity index (χ0v) is 17.5. The molecule has 1 saturated heterocycles. The average molecular weight is 432 g/mol. The molecule has 0 spiro atoms. The fourth-order valence-electron chi connectivity index (χ4n) is 3.07. The lowest BCUT2D eigenvalue weighted by molar-refractivity contribution is -0.140. The molecule has 0 aliphatic carbocycles. The van der Waals surface area contributed by atoms with Gasteiger partial charge in [-0.05, 0) is 31.0 Å². The van der Waals surface area contributed by atoms with Crippen molar-refractivity contribution in [1.82, 2.24) is 14.9 Å². The lowest BCUT2D eigenvalue weighted by Gasteiger charge is -2.34. The third-order valence-electron chi connectivity index (χ3n) is 4.72. The van der Waals surface area contributed by atoms with Gasteiger partial charge in [0, 0.05) is 13.1 Å². The Bertz CT molecular complexity index is 977. The Hall–Kier alpha value is -2.75. The third-order valence-corrected chi connectivity index (χ3v) is 6.62. The number of benzene rings is 2. The molecule has 1 aliphatic heterocycles. The first kappa shape index (κ1) is 21.9. The van der Waals surface area contributed by atoms with Gasteiger partial charge in [-0.15, -0.1) is 0 Å². The number of carbonyl (C=O) groups excluding carboxylic acids is 2. The predicted molar refractivity (Wildman–Crippen MR) is 111 cm³/mol. The van der Waals surface area contributed by atoms with Gasteiger partial charge in [-0.25, -0.2) is 8.42 Å². The first-order valence-electron chi connectivity index (χ1n) is 9.68. The van der Waals surface area contributed by atoms with Crippen molar-refractivity contribution < 1.29 is 22.7 Å². The van der Waals surface area contributed by atoms with Crippen LogP contribution in [-0.4, -0.2) is 50.5 Å². The number of hydrogen-bond donors (Lipinski definition) is 2. The SMILES string of the molecule is Cc1ccc(S(=O)(=O)N2CCCOC2CNC(=O)C(=O)NCc2ccccc2)cc1. The van der Waals surface area contributed by atoms with E-state index in [1.54, 1.807) is 24.3 Å². The lowest BCUT2D eigenvalue weighted by Crippen LogP contribution is -2.53. The Morgan fingerprint density at radius 1 is 1.03 bits per heavy atom. The van der Waals surface area contributed by atoms with Crippen LogP contribution in [0, 0.1) is 6.92 Å². The minimum atomic E-state index is -3.79. The number of rotatable bonds is 6. The molecule has 1 heterocycles. The number of nitrogens with zero attached hydrogens (tertiary/aromatic N) is 1. The van der Waals surface area contributed by atoms with E-state index in [2.05, 4.69) is 10.6 Å². The van der Waals surface area contributed by atoms with Gasteiger partial charge in [0.1, 0.15) is 6.23 Å². The van der Waals surface area contributed by atoms with Crippen molar-refractivity contribution in [2.24, 2.45) is 0 Å². The second-order valence-electron chi connectivity index (χ2n) is 6.99. The van der Waals surface area contributed by atoms with E-state index in [-0.39, 0.29) is 24.5 Å². The van der Waals surface area contributed by atoms with E-state index >= 15 is 0 Å². The predicted octanol–water partition coefficient (Wildman–Crippen LogP) is 1.16. The maximum Gasteiger partial charge on any atom is 0.309 e. The summed E-state index contributed by atoms with van der Waals surface area (Å²) in [5.74, 6) is -1.63. The zero-order valence-electron chi connectivity index (χ0n) is 16.7. The summed E-state index contributed by atoms with van der Waals surface area (Å²) < 4.78 is 32.8. The van der Waals surface area contributed by atoms with E-state index in [1.165, 1.54) is 4.31 Å². The molecule has 1 aliphatic rings. The summed E-state index contributed by atoms with van der Waals surface area (Å²) >= 11 is 0. The highest BCUT2D eigenvalue weighted by Gasteiger charge is 2.34. The van der Waals surface area contributed by atoms with Crippen LogP contribution in [-0.2, 0) is 30.9 Å². The maximum absolute atomic E-state index is 13.0. The van der Waals surface area contributed by atoms with Crippen molar-refractivity contribution in [2.75, 3.05) is 19.7 Å². The molecule has 0 aromatic heterocycles. The molecule has 1 unspecified atom stereocenters. The molecule has 2 aromatic carbocycles. The first-order valence-corrected chi connectivity index (χ1v) is 11.1. The number of amides is 2. The number of sulfonamides is 1. The number of aryl methyl sites for hydroxylation is 1. The summed E-state index contributed by atoms with van der Waals surface area (Å²) in [6.45, 7) is 2.63. The van der Waals surface area contributed by atoms with E-state index in [0.29, 0.717) is 13.0 Å². The molecule has 30 heavy (non-hydrogen) atoms. The fourth-order valence-corrected chi connectivity index (χ4v) is 4.63. The van der Waals surface area contributed by atoms with Crippen LogP contribution in [0.25, 0.3) is 0 Å². The second-order valence-corrected chi connectivity index (χ2v) is 8.88. The zero-order chi connectivity index (χ0) is 21.6. The van der Waals surface area contributed by atoms with Crippen LogP contribution >= 0.6 is 0 Å². The Morgan fingerprint density at radius 2 is 1.70 bits per heavy atom. The van der Waals surface area contributed by atoms with Crippen LogP contribution in [0.15, 0.2) is 59.5 Å². The smallest absolute Gasteiger partial charge is 0.309 e. The van der Waals surface area contributed by atoms with E-state index in [9.17, 15) is 18.0 Å². The van der Waals surface area contributed by atoms with Gasteiger partial charge in [0.2, 0.25) is 10.0 Å². The third kappa shape index (κ3) is 5.44. The molecule has 8 nitrogen and oxygen atoms in total. The standard InChI is InChI=1S/C21H25N3O5S/c1-16-8-10-18(11-9-16)30(27,28)24-12-5-13-29-19(24)15-23-21(26)20(25)22-14-17-6-3-2-4-7-17/h2-4,6-11,19H,5,12-15H2,1H3,(H,22,25)(H,23,26). The minimum Gasteiger partial charge on any atom is -0.360 e. The highest BCUT2D eigenvalue weighted by molar-refractivity contribution is 7.89. The van der Waals surface area contributed by atoms with Crippen molar-refractivity contribution in [3.8, 4) is 0 Å². The van der Waals surface area contributed by atoms with Crippen LogP contribution < -0.4 is 10.6 Å². The molecule has 2 N–H and O–H groups in total. The molecule has 1 atom stereocenters. The summed E-state index contributed by atoms with van der Waals surface area (Å²) in [6.07, 6.45) is -0.330. The topological polar surface area (TPSA) is 105 Å². The van der Waals surface area contributed by atoms with Crippen molar-refractivity contribution in [1.29, 1.82) is 0 Å². The summed E-state index contributed by atoms with van der Waals surface area (Å²) in [5, 5.41) is 5.00. The van der Waals surface area contributed by atoms with Crippen molar-refractivity contribution in [3.05, 3.63) is 65.7 Å². The van der Waals surface area contributed by atoms with Crippen LogP contribution in [0.1, 0.15) is 17.5 Å². The monoisotopic (exact) mass is 431 g/mol. The van der Waals surface area contributed by atoms with Gasteiger partial charge in [0.05, 0.1) is 18.0 Å². The second kappa shape index (κ2) is 9.84. The molecular weight excluding hydrogens is 406 g/mol. The Kier molecular flexibility index (Phi) is 7.20.